The quantitative estimate of drug-likeness (QED) is 0.333. The number of anilines is 1. The van der Waals surface area contributed by atoms with E-state index < -0.39 is 30.4 Å². The van der Waals surface area contributed by atoms with E-state index in [0.717, 1.165) is 11.1 Å². The van der Waals surface area contributed by atoms with Gasteiger partial charge < -0.3 is 24.5 Å². The lowest BCUT2D eigenvalue weighted by Gasteiger charge is -2.19. The van der Waals surface area contributed by atoms with Gasteiger partial charge in [-0.3, -0.25) is 0 Å². The molecule has 37 heavy (non-hydrogen) atoms. The summed E-state index contributed by atoms with van der Waals surface area (Å²) in [6, 6.07) is 14.2. The number of aromatic nitrogens is 3. The Morgan fingerprint density at radius 3 is 2.30 bits per heavy atom. The normalized spacial score (nSPS) is 19.2. The molecule has 0 saturated carbocycles. The van der Waals surface area contributed by atoms with E-state index in [2.05, 4.69) is 25.9 Å². The molecule has 3 atom stereocenters. The molecule has 2 aromatic heterocycles. The highest BCUT2D eigenvalue weighted by molar-refractivity contribution is 9.10. The van der Waals surface area contributed by atoms with Crippen molar-refractivity contribution in [3.05, 3.63) is 87.8 Å². The van der Waals surface area contributed by atoms with Crippen molar-refractivity contribution < 1.29 is 23.8 Å². The molecule has 4 aromatic rings. The van der Waals surface area contributed by atoms with Gasteiger partial charge in [-0.1, -0.05) is 35.4 Å². The minimum absolute atomic E-state index is 0.0907. The summed E-state index contributed by atoms with van der Waals surface area (Å²) in [5.74, 6) is -0.626. The van der Waals surface area contributed by atoms with E-state index in [1.54, 1.807) is 30.5 Å². The average Bonchev–Trinajstić information content (AvgIpc) is 3.44. The number of hydrogen-bond donors (Lipinski definition) is 1. The van der Waals surface area contributed by atoms with Gasteiger partial charge in [0, 0.05) is 17.1 Å². The van der Waals surface area contributed by atoms with E-state index in [4.69, 9.17) is 19.9 Å². The van der Waals surface area contributed by atoms with Crippen LogP contribution in [0.2, 0.25) is 0 Å². The second-order valence-electron chi connectivity index (χ2n) is 8.98. The molecule has 1 aliphatic heterocycles. The van der Waals surface area contributed by atoms with Crippen LogP contribution in [0.1, 0.15) is 44.5 Å². The molecule has 2 aromatic carbocycles. The van der Waals surface area contributed by atoms with Crippen molar-refractivity contribution in [2.24, 2.45) is 0 Å². The van der Waals surface area contributed by atoms with E-state index in [-0.39, 0.29) is 6.61 Å². The Morgan fingerprint density at radius 2 is 1.65 bits per heavy atom. The zero-order chi connectivity index (χ0) is 26.1. The first-order valence-corrected chi connectivity index (χ1v) is 12.5. The Morgan fingerprint density at radius 1 is 1.03 bits per heavy atom. The summed E-state index contributed by atoms with van der Waals surface area (Å²) in [4.78, 5) is 34.0. The zero-order valence-corrected chi connectivity index (χ0v) is 21.8. The van der Waals surface area contributed by atoms with E-state index in [9.17, 15) is 9.59 Å². The minimum atomic E-state index is -0.691. The van der Waals surface area contributed by atoms with Crippen molar-refractivity contribution in [3.63, 3.8) is 0 Å². The molecule has 0 amide bonds. The maximum Gasteiger partial charge on any atom is 0.338 e. The van der Waals surface area contributed by atoms with Crippen molar-refractivity contribution in [1.82, 2.24) is 14.5 Å². The van der Waals surface area contributed by atoms with Crippen LogP contribution in [0.25, 0.3) is 11.0 Å². The summed E-state index contributed by atoms with van der Waals surface area (Å²) in [5.41, 5.74) is 9.56. The predicted molar refractivity (Wildman–Crippen MR) is 140 cm³/mol. The van der Waals surface area contributed by atoms with Crippen molar-refractivity contribution in [2.75, 3.05) is 12.3 Å². The highest BCUT2D eigenvalue weighted by atomic mass is 79.9. The summed E-state index contributed by atoms with van der Waals surface area (Å²) in [7, 11) is 0. The smallest absolute Gasteiger partial charge is 0.338 e. The number of hydrogen-bond acceptors (Lipinski definition) is 8. The highest BCUT2D eigenvalue weighted by Crippen LogP contribution is 2.37. The average molecular weight is 565 g/mol. The molecule has 2 N–H and O–H groups in total. The molecular formula is C27H25BrN4O5. The summed E-state index contributed by atoms with van der Waals surface area (Å²) in [5, 5.41) is 0.661. The van der Waals surface area contributed by atoms with Crippen LogP contribution in [0, 0.1) is 13.8 Å². The third kappa shape index (κ3) is 5.21. The topological polar surface area (TPSA) is 119 Å². The van der Waals surface area contributed by atoms with Crippen LogP contribution >= 0.6 is 15.9 Å². The lowest BCUT2D eigenvalue weighted by molar-refractivity contribution is -0.0562. The predicted octanol–water partition coefficient (Wildman–Crippen LogP) is 4.76. The number of ether oxygens (including phenoxy) is 3. The van der Waals surface area contributed by atoms with Gasteiger partial charge in [0.1, 0.15) is 42.8 Å². The van der Waals surface area contributed by atoms with E-state index in [1.807, 2.05) is 42.7 Å². The van der Waals surface area contributed by atoms with Crippen molar-refractivity contribution in [1.29, 1.82) is 0 Å². The van der Waals surface area contributed by atoms with Crippen LogP contribution in [0.15, 0.2) is 65.5 Å². The van der Waals surface area contributed by atoms with Gasteiger partial charge in [0.05, 0.1) is 16.5 Å². The number of halogens is 1. The first kappa shape index (κ1) is 24.9. The van der Waals surface area contributed by atoms with Crippen LogP contribution in [0.3, 0.4) is 0 Å². The van der Waals surface area contributed by atoms with Crippen LogP contribution in [0.5, 0.6) is 0 Å². The fourth-order valence-corrected chi connectivity index (χ4v) is 4.85. The Balaban J connectivity index is 1.38. The fraction of sp³-hybridized carbons (Fsp3) is 0.259. The maximum atomic E-state index is 12.9. The van der Waals surface area contributed by atoms with E-state index >= 15 is 0 Å². The first-order chi connectivity index (χ1) is 17.8. The van der Waals surface area contributed by atoms with Crippen LogP contribution in [-0.2, 0) is 14.2 Å². The van der Waals surface area contributed by atoms with Crippen molar-refractivity contribution >= 4 is 44.7 Å². The minimum Gasteiger partial charge on any atom is -0.459 e. The molecule has 3 heterocycles. The summed E-state index contributed by atoms with van der Waals surface area (Å²) in [6.07, 6.45) is 1.61. The summed E-state index contributed by atoms with van der Waals surface area (Å²) >= 11 is 3.51. The second kappa shape index (κ2) is 10.3. The first-order valence-electron chi connectivity index (χ1n) is 11.7. The van der Waals surface area contributed by atoms with Crippen molar-refractivity contribution in [2.45, 2.75) is 38.7 Å². The molecule has 3 unspecified atom stereocenters. The molecular weight excluding hydrogens is 540 g/mol. The summed E-state index contributed by atoms with van der Waals surface area (Å²) in [6.45, 7) is 3.79. The maximum absolute atomic E-state index is 12.9. The number of esters is 2. The molecule has 5 rings (SSSR count). The van der Waals surface area contributed by atoms with Crippen LogP contribution in [0.4, 0.5) is 5.82 Å². The van der Waals surface area contributed by atoms with Gasteiger partial charge >= 0.3 is 11.9 Å². The van der Waals surface area contributed by atoms with Gasteiger partial charge in [-0.2, -0.15) is 0 Å². The molecule has 9 nitrogen and oxygen atoms in total. The van der Waals surface area contributed by atoms with Crippen LogP contribution in [-0.4, -0.2) is 45.3 Å². The molecule has 0 aliphatic carbocycles. The third-order valence-electron chi connectivity index (χ3n) is 6.29. The number of nitrogens with zero attached hydrogens (tertiary/aromatic N) is 3. The lowest BCUT2D eigenvalue weighted by Crippen LogP contribution is -2.32. The monoisotopic (exact) mass is 564 g/mol. The highest BCUT2D eigenvalue weighted by Gasteiger charge is 2.40. The molecule has 10 heteroatoms. The molecule has 0 radical (unpaired) electrons. The Labute approximate surface area is 221 Å². The van der Waals surface area contributed by atoms with Crippen molar-refractivity contribution in [3.8, 4) is 0 Å². The molecule has 0 bridgehead atoms. The zero-order valence-electron chi connectivity index (χ0n) is 20.3. The number of carbonyl (C=O) groups excluding carboxylic acids is 2. The molecule has 1 saturated heterocycles. The Bertz CT molecular complexity index is 1450. The van der Waals surface area contributed by atoms with Crippen LogP contribution < -0.4 is 5.73 Å². The van der Waals surface area contributed by atoms with Gasteiger partial charge in [-0.15, -0.1) is 0 Å². The standard InChI is InChI=1S/C27H25BrN4O5/c1-15-3-7-17(8-4-15)26(33)35-13-21-20(37-27(34)18-9-5-16(2)6-10-18)11-22(36-21)32-12-19(28)23-24(29)30-14-31-25(23)32/h3-10,12,14,20-22H,11,13H2,1-2H3,(H2,29,30,31). The number of nitrogen functional groups attached to an aromatic ring is 1. The SMILES string of the molecule is Cc1ccc(C(=O)OCC2OC(n3cc(Br)c4c(N)ncnc43)CC2OC(=O)c2ccc(C)cc2)cc1. The van der Waals surface area contributed by atoms with E-state index in [1.165, 1.54) is 6.33 Å². The number of fused-ring (bicyclic) bond motifs is 1. The number of aryl methyl sites for hydroxylation is 2. The van der Waals surface area contributed by atoms with Gasteiger partial charge in [0.2, 0.25) is 0 Å². The number of benzene rings is 2. The largest absolute Gasteiger partial charge is 0.459 e. The molecule has 0 spiro atoms. The summed E-state index contributed by atoms with van der Waals surface area (Å²) < 4.78 is 20.2. The third-order valence-corrected chi connectivity index (χ3v) is 6.90. The van der Waals surface area contributed by atoms with Gasteiger partial charge in [-0.05, 0) is 54.0 Å². The van der Waals surface area contributed by atoms with Gasteiger partial charge in [-0.25, -0.2) is 19.6 Å². The van der Waals surface area contributed by atoms with Gasteiger partial charge in [0.25, 0.3) is 0 Å². The lowest BCUT2D eigenvalue weighted by atomic mass is 10.1. The number of carbonyl (C=O) groups is 2. The molecule has 1 fully saturated rings. The molecule has 1 aliphatic rings. The fourth-order valence-electron chi connectivity index (χ4n) is 4.25. The second-order valence-corrected chi connectivity index (χ2v) is 9.84. The number of nitrogens with two attached hydrogens (primary N) is 1. The Kier molecular flexibility index (Phi) is 6.94. The molecule has 190 valence electrons. The Hall–Kier alpha value is -3.76. The van der Waals surface area contributed by atoms with Gasteiger partial charge in [0.15, 0.2) is 0 Å². The van der Waals surface area contributed by atoms with E-state index in [0.29, 0.717) is 38.9 Å². The number of rotatable bonds is 6.